The van der Waals surface area contributed by atoms with Crippen molar-refractivity contribution < 1.29 is 13.9 Å². The third-order valence-electron chi connectivity index (χ3n) is 4.13. The molecule has 1 aliphatic heterocycles. The third kappa shape index (κ3) is 3.41. The van der Waals surface area contributed by atoms with Crippen LogP contribution in [-0.4, -0.2) is 25.1 Å². The van der Waals surface area contributed by atoms with Gasteiger partial charge >= 0.3 is 0 Å². The van der Waals surface area contributed by atoms with Gasteiger partial charge in [-0.05, 0) is 30.2 Å². The number of nitrogens with one attached hydrogen (secondary N) is 1. The van der Waals surface area contributed by atoms with Gasteiger partial charge in [-0.25, -0.2) is 4.39 Å². The zero-order valence-corrected chi connectivity index (χ0v) is 13.6. The van der Waals surface area contributed by atoms with E-state index in [2.05, 4.69) is 5.32 Å². The number of halogens is 1. The molecule has 24 heavy (non-hydrogen) atoms. The Hall–Kier alpha value is -2.40. The highest BCUT2D eigenvalue weighted by Gasteiger charge is 2.26. The molecule has 0 unspecified atom stereocenters. The van der Waals surface area contributed by atoms with E-state index in [1.165, 1.54) is 12.1 Å². The largest absolute Gasteiger partial charge is 0.488 e. The van der Waals surface area contributed by atoms with Crippen molar-refractivity contribution in [1.29, 1.82) is 0 Å². The van der Waals surface area contributed by atoms with Crippen molar-refractivity contribution in [2.75, 3.05) is 13.1 Å². The van der Waals surface area contributed by atoms with Gasteiger partial charge in [0.05, 0.1) is 6.42 Å². The normalized spacial score (nSPS) is 15.7. The summed E-state index contributed by atoms with van der Waals surface area (Å²) in [5, 5.41) is 2.77. The maximum absolute atomic E-state index is 13.9. The predicted octanol–water partition coefficient (Wildman–Crippen LogP) is 2.43. The van der Waals surface area contributed by atoms with E-state index in [1.807, 2.05) is 31.2 Å². The molecule has 1 heterocycles. The van der Waals surface area contributed by atoms with Crippen LogP contribution in [0.2, 0.25) is 0 Å². The summed E-state index contributed by atoms with van der Waals surface area (Å²) in [5.41, 5.74) is 9.03. The number of hydrogen-bond donors (Lipinski definition) is 2. The van der Waals surface area contributed by atoms with E-state index in [0.717, 1.165) is 22.3 Å². The Morgan fingerprint density at radius 1 is 1.33 bits per heavy atom. The molecule has 5 heteroatoms. The number of benzene rings is 2. The lowest BCUT2D eigenvalue weighted by Crippen LogP contribution is -2.24. The second-order valence-corrected chi connectivity index (χ2v) is 5.95. The van der Waals surface area contributed by atoms with Crippen molar-refractivity contribution in [3.05, 3.63) is 53.3 Å². The van der Waals surface area contributed by atoms with Crippen LogP contribution in [0.15, 0.2) is 36.4 Å². The number of hydrogen-bond acceptors (Lipinski definition) is 3. The summed E-state index contributed by atoms with van der Waals surface area (Å²) in [6.45, 7) is 2.91. The summed E-state index contributed by atoms with van der Waals surface area (Å²) in [7, 11) is 0. The smallest absolute Gasteiger partial charge is 0.224 e. The standard InChI is InChI=1S/C19H21FN2O2/c1-2-22-18(23)7-12-3-5-13(6-4-12)17-10-15(20)8-14-9-16(11-21)24-19(14)17/h3-6,8,10,16H,2,7,9,11,21H2,1H3,(H,22,23)/t16-/m0/s1. The molecule has 126 valence electrons. The lowest BCUT2D eigenvalue weighted by molar-refractivity contribution is -0.120. The number of nitrogens with two attached hydrogens (primary N) is 1. The summed E-state index contributed by atoms with van der Waals surface area (Å²) in [6, 6.07) is 10.6. The third-order valence-corrected chi connectivity index (χ3v) is 4.13. The van der Waals surface area contributed by atoms with Crippen LogP contribution in [0.4, 0.5) is 4.39 Å². The van der Waals surface area contributed by atoms with Gasteiger partial charge in [0.1, 0.15) is 17.7 Å². The molecule has 0 aliphatic carbocycles. The lowest BCUT2D eigenvalue weighted by atomic mass is 9.98. The summed E-state index contributed by atoms with van der Waals surface area (Å²) in [6.07, 6.45) is 0.866. The van der Waals surface area contributed by atoms with Crippen molar-refractivity contribution >= 4 is 5.91 Å². The van der Waals surface area contributed by atoms with Crippen LogP contribution >= 0.6 is 0 Å². The molecule has 0 saturated carbocycles. The average molecular weight is 328 g/mol. The van der Waals surface area contributed by atoms with Gasteiger partial charge in [-0.3, -0.25) is 4.79 Å². The van der Waals surface area contributed by atoms with Crippen LogP contribution in [0.1, 0.15) is 18.1 Å². The molecule has 2 aromatic rings. The predicted molar refractivity (Wildman–Crippen MR) is 91.4 cm³/mol. The topological polar surface area (TPSA) is 64.3 Å². The molecular weight excluding hydrogens is 307 g/mol. The van der Waals surface area contributed by atoms with E-state index in [-0.39, 0.29) is 17.8 Å². The first kappa shape index (κ1) is 16.5. The van der Waals surface area contributed by atoms with Gasteiger partial charge in [0.15, 0.2) is 0 Å². The number of ether oxygens (including phenoxy) is 1. The van der Waals surface area contributed by atoms with Crippen LogP contribution in [0.25, 0.3) is 11.1 Å². The zero-order chi connectivity index (χ0) is 17.1. The first-order chi connectivity index (χ1) is 11.6. The fraction of sp³-hybridized carbons (Fsp3) is 0.316. The van der Waals surface area contributed by atoms with Gasteiger partial charge < -0.3 is 15.8 Å². The monoisotopic (exact) mass is 328 g/mol. The summed E-state index contributed by atoms with van der Waals surface area (Å²) in [4.78, 5) is 11.6. The van der Waals surface area contributed by atoms with Crippen molar-refractivity contribution in [3.8, 4) is 16.9 Å². The van der Waals surface area contributed by atoms with Crippen molar-refractivity contribution in [2.24, 2.45) is 5.73 Å². The Kier molecular flexibility index (Phi) is 4.81. The minimum absolute atomic E-state index is 0.00832. The first-order valence-corrected chi connectivity index (χ1v) is 8.16. The molecular formula is C19H21FN2O2. The van der Waals surface area contributed by atoms with Gasteiger partial charge in [-0.15, -0.1) is 0 Å². The first-order valence-electron chi connectivity index (χ1n) is 8.16. The molecule has 3 N–H and O–H groups in total. The minimum Gasteiger partial charge on any atom is -0.488 e. The van der Waals surface area contributed by atoms with Crippen molar-refractivity contribution in [1.82, 2.24) is 5.32 Å². The number of carbonyl (C=O) groups is 1. The second kappa shape index (κ2) is 7.01. The second-order valence-electron chi connectivity index (χ2n) is 5.95. The van der Waals surface area contributed by atoms with Gasteiger partial charge in [-0.2, -0.15) is 0 Å². The molecule has 1 amide bonds. The Balaban J connectivity index is 1.87. The lowest BCUT2D eigenvalue weighted by Gasteiger charge is -2.12. The molecule has 0 bridgehead atoms. The fourth-order valence-electron chi connectivity index (χ4n) is 2.99. The van der Waals surface area contributed by atoms with Gasteiger partial charge in [0.2, 0.25) is 5.91 Å². The molecule has 3 rings (SSSR count). The highest BCUT2D eigenvalue weighted by atomic mass is 19.1. The maximum Gasteiger partial charge on any atom is 0.224 e. The van der Waals surface area contributed by atoms with E-state index in [9.17, 15) is 9.18 Å². The number of likely N-dealkylation sites (N-methyl/N-ethyl adjacent to an activating group) is 1. The van der Waals surface area contributed by atoms with Crippen LogP contribution in [0.3, 0.4) is 0 Å². The van der Waals surface area contributed by atoms with Gasteiger partial charge in [0, 0.05) is 30.6 Å². The van der Waals surface area contributed by atoms with Crippen LogP contribution in [0, 0.1) is 5.82 Å². The molecule has 0 radical (unpaired) electrons. The average Bonchev–Trinajstić information content (AvgIpc) is 2.98. The summed E-state index contributed by atoms with van der Waals surface area (Å²) >= 11 is 0. The molecule has 4 nitrogen and oxygen atoms in total. The Morgan fingerprint density at radius 2 is 2.08 bits per heavy atom. The highest BCUT2D eigenvalue weighted by Crippen LogP contribution is 2.39. The van der Waals surface area contributed by atoms with E-state index in [1.54, 1.807) is 0 Å². The minimum atomic E-state index is -0.281. The van der Waals surface area contributed by atoms with Crippen LogP contribution < -0.4 is 15.8 Å². The van der Waals surface area contributed by atoms with Crippen molar-refractivity contribution in [2.45, 2.75) is 25.9 Å². The van der Waals surface area contributed by atoms with Crippen LogP contribution in [-0.2, 0) is 17.6 Å². The SMILES string of the molecule is CCNC(=O)Cc1ccc(-c2cc(F)cc3c2O[C@H](CN)C3)cc1. The molecule has 0 fully saturated rings. The Bertz CT molecular complexity index is 744. The molecule has 0 aromatic heterocycles. The number of rotatable bonds is 5. The molecule has 0 saturated heterocycles. The van der Waals surface area contributed by atoms with Crippen molar-refractivity contribution in [3.63, 3.8) is 0 Å². The summed E-state index contributed by atoms with van der Waals surface area (Å²) < 4.78 is 19.8. The molecule has 2 aromatic carbocycles. The van der Waals surface area contributed by atoms with E-state index in [4.69, 9.17) is 10.5 Å². The van der Waals surface area contributed by atoms with E-state index >= 15 is 0 Å². The Labute approximate surface area is 140 Å². The fourth-order valence-corrected chi connectivity index (χ4v) is 2.99. The van der Waals surface area contributed by atoms with Crippen LogP contribution in [0.5, 0.6) is 5.75 Å². The maximum atomic E-state index is 13.9. The van der Waals surface area contributed by atoms with E-state index < -0.39 is 0 Å². The zero-order valence-electron chi connectivity index (χ0n) is 13.6. The highest BCUT2D eigenvalue weighted by molar-refractivity contribution is 5.79. The van der Waals surface area contributed by atoms with Gasteiger partial charge in [0.25, 0.3) is 0 Å². The Morgan fingerprint density at radius 3 is 2.75 bits per heavy atom. The quantitative estimate of drug-likeness (QED) is 0.886. The summed E-state index contributed by atoms with van der Waals surface area (Å²) in [5.74, 6) is 0.422. The molecule has 0 spiro atoms. The molecule has 1 aliphatic rings. The number of amides is 1. The van der Waals surface area contributed by atoms with Gasteiger partial charge in [-0.1, -0.05) is 24.3 Å². The molecule has 1 atom stereocenters. The number of fused-ring (bicyclic) bond motifs is 1. The van der Waals surface area contributed by atoms with E-state index in [0.29, 0.717) is 31.7 Å². The number of carbonyl (C=O) groups excluding carboxylic acids is 1.